The summed E-state index contributed by atoms with van der Waals surface area (Å²) in [6, 6.07) is 0. The molecule has 0 radical (unpaired) electrons. The van der Waals surface area contributed by atoms with Gasteiger partial charge in [-0.2, -0.15) is 0 Å². The van der Waals surface area contributed by atoms with E-state index >= 15 is 0 Å². The van der Waals surface area contributed by atoms with Gasteiger partial charge in [0.2, 0.25) is 0 Å². The molecule has 1 aromatic rings. The van der Waals surface area contributed by atoms with Crippen molar-refractivity contribution in [3.63, 3.8) is 0 Å². The molecule has 0 aromatic carbocycles. The van der Waals surface area contributed by atoms with E-state index < -0.39 is 11.7 Å². The Labute approximate surface area is 166 Å². The Balaban J connectivity index is 2.31. The lowest BCUT2D eigenvalue weighted by Crippen LogP contribution is -2.34. The zero-order valence-corrected chi connectivity index (χ0v) is 17.6. The van der Waals surface area contributed by atoms with Gasteiger partial charge in [-0.1, -0.05) is 0 Å². The number of rotatable bonds is 10. The highest BCUT2D eigenvalue weighted by Gasteiger charge is 2.23. The predicted molar refractivity (Wildman–Crippen MR) is 106 cm³/mol. The first-order chi connectivity index (χ1) is 13.2. The molecule has 0 atom stereocenters. The van der Waals surface area contributed by atoms with Crippen LogP contribution in [-0.4, -0.2) is 64.6 Å². The van der Waals surface area contributed by atoms with E-state index in [0.29, 0.717) is 26.2 Å². The Morgan fingerprint density at radius 3 is 2.25 bits per heavy atom. The smallest absolute Gasteiger partial charge is 0.407 e. The van der Waals surface area contributed by atoms with Gasteiger partial charge in [-0.05, 0) is 53.9 Å². The van der Waals surface area contributed by atoms with Crippen molar-refractivity contribution in [3.05, 3.63) is 17.7 Å². The molecule has 1 heterocycles. The quantitative estimate of drug-likeness (QED) is 0.526. The number of aromatic amines is 1. The lowest BCUT2D eigenvalue weighted by atomic mass is 10.2. The van der Waals surface area contributed by atoms with Crippen molar-refractivity contribution in [1.29, 1.82) is 0 Å². The maximum Gasteiger partial charge on any atom is 0.407 e. The highest BCUT2D eigenvalue weighted by atomic mass is 16.6. The molecule has 158 valence electrons. The number of unbranched alkanes of at least 4 members (excludes halogenated alkanes) is 2. The average Bonchev–Trinajstić information content (AvgIpc) is 3.10. The number of alkyl carbamates (subject to hydrolysis) is 1. The molecule has 3 N–H and O–H groups in total. The molecule has 3 amide bonds. The molecule has 0 saturated heterocycles. The highest BCUT2D eigenvalue weighted by Crippen LogP contribution is 2.08. The van der Waals surface area contributed by atoms with E-state index in [2.05, 4.69) is 20.6 Å². The van der Waals surface area contributed by atoms with Crippen LogP contribution in [0.2, 0.25) is 0 Å². The lowest BCUT2D eigenvalue weighted by Gasteiger charge is -2.19. The number of hydrogen-bond donors (Lipinski definition) is 3. The molecule has 0 unspecified atom stereocenters. The molecule has 28 heavy (non-hydrogen) atoms. The highest BCUT2D eigenvalue weighted by molar-refractivity contribution is 6.04. The van der Waals surface area contributed by atoms with Crippen LogP contribution in [-0.2, 0) is 4.74 Å². The Bertz CT molecular complexity index is 647. The summed E-state index contributed by atoms with van der Waals surface area (Å²) in [5, 5.41) is 5.48. The van der Waals surface area contributed by atoms with Gasteiger partial charge in [0.1, 0.15) is 11.3 Å². The Morgan fingerprint density at radius 1 is 1.07 bits per heavy atom. The van der Waals surface area contributed by atoms with Gasteiger partial charge in [0, 0.05) is 26.2 Å². The van der Waals surface area contributed by atoms with E-state index in [1.807, 2.05) is 34.6 Å². The standard InChI is InChI=1S/C19H33N5O4/c1-6-24(7-2)17(26)15-14(22-13-23-15)16(25)20-11-9-8-10-12-21-18(27)28-19(3,4)5/h13H,6-12H2,1-5H3,(H,20,25)(H,21,27)(H,22,23). The van der Waals surface area contributed by atoms with E-state index in [4.69, 9.17) is 4.74 Å². The van der Waals surface area contributed by atoms with Gasteiger partial charge >= 0.3 is 6.09 Å². The van der Waals surface area contributed by atoms with Crippen molar-refractivity contribution < 1.29 is 19.1 Å². The Kier molecular flexibility index (Phi) is 9.47. The third-order valence-corrected chi connectivity index (χ3v) is 3.93. The molecule has 0 saturated carbocycles. The molecule has 0 aliphatic heterocycles. The Hall–Kier alpha value is -2.58. The summed E-state index contributed by atoms with van der Waals surface area (Å²) < 4.78 is 5.15. The monoisotopic (exact) mass is 395 g/mol. The maximum atomic E-state index is 12.4. The zero-order chi connectivity index (χ0) is 21.2. The second-order valence-corrected chi connectivity index (χ2v) is 7.35. The van der Waals surface area contributed by atoms with Gasteiger partial charge < -0.3 is 25.3 Å². The average molecular weight is 396 g/mol. The van der Waals surface area contributed by atoms with E-state index in [0.717, 1.165) is 19.3 Å². The van der Waals surface area contributed by atoms with Gasteiger partial charge in [-0.3, -0.25) is 9.59 Å². The van der Waals surface area contributed by atoms with Crippen molar-refractivity contribution >= 4 is 17.9 Å². The van der Waals surface area contributed by atoms with Gasteiger partial charge in [-0.25, -0.2) is 9.78 Å². The van der Waals surface area contributed by atoms with E-state index in [1.54, 1.807) is 4.90 Å². The van der Waals surface area contributed by atoms with Crippen LogP contribution in [0.4, 0.5) is 4.79 Å². The number of nitrogens with zero attached hydrogens (tertiary/aromatic N) is 2. The molecule has 1 rings (SSSR count). The first-order valence-electron chi connectivity index (χ1n) is 9.77. The van der Waals surface area contributed by atoms with Crippen molar-refractivity contribution in [1.82, 2.24) is 25.5 Å². The number of amides is 3. The number of aromatic nitrogens is 2. The van der Waals surface area contributed by atoms with Crippen LogP contribution in [0.1, 0.15) is 74.9 Å². The molecule has 0 spiro atoms. The molecular weight excluding hydrogens is 362 g/mol. The molecule has 0 aliphatic rings. The van der Waals surface area contributed by atoms with E-state index in [9.17, 15) is 14.4 Å². The van der Waals surface area contributed by atoms with Gasteiger partial charge in [0.25, 0.3) is 11.8 Å². The molecule has 0 bridgehead atoms. The number of imidazole rings is 1. The molecular formula is C19H33N5O4. The summed E-state index contributed by atoms with van der Waals surface area (Å²) in [6.45, 7) is 11.3. The van der Waals surface area contributed by atoms with Crippen molar-refractivity contribution in [2.45, 2.75) is 59.5 Å². The number of nitrogens with one attached hydrogen (secondary N) is 3. The van der Waals surface area contributed by atoms with Crippen LogP contribution in [0, 0.1) is 0 Å². The van der Waals surface area contributed by atoms with Crippen LogP contribution in [0.15, 0.2) is 6.33 Å². The van der Waals surface area contributed by atoms with Crippen LogP contribution in [0.25, 0.3) is 0 Å². The fourth-order valence-corrected chi connectivity index (χ4v) is 2.52. The number of H-pyrrole nitrogens is 1. The van der Waals surface area contributed by atoms with Crippen molar-refractivity contribution in [3.8, 4) is 0 Å². The SMILES string of the molecule is CCN(CC)C(=O)c1[nH]cnc1C(=O)NCCCCCNC(=O)OC(C)(C)C. The number of hydrogen-bond acceptors (Lipinski definition) is 5. The van der Waals surface area contributed by atoms with Crippen LogP contribution < -0.4 is 10.6 Å². The normalized spacial score (nSPS) is 11.0. The minimum atomic E-state index is -0.508. The number of carbonyl (C=O) groups excluding carboxylic acids is 3. The second-order valence-electron chi connectivity index (χ2n) is 7.35. The first-order valence-corrected chi connectivity index (χ1v) is 9.77. The van der Waals surface area contributed by atoms with Gasteiger partial charge in [-0.15, -0.1) is 0 Å². The van der Waals surface area contributed by atoms with E-state index in [1.165, 1.54) is 6.33 Å². The Morgan fingerprint density at radius 2 is 1.68 bits per heavy atom. The largest absolute Gasteiger partial charge is 0.444 e. The molecule has 1 aromatic heterocycles. The predicted octanol–water partition coefficient (Wildman–Crippen LogP) is 2.32. The second kappa shape index (κ2) is 11.3. The zero-order valence-electron chi connectivity index (χ0n) is 17.6. The van der Waals surface area contributed by atoms with Crippen molar-refractivity contribution in [2.75, 3.05) is 26.2 Å². The summed E-state index contributed by atoms with van der Waals surface area (Å²) in [6.07, 6.45) is 3.30. The number of carbonyl (C=O) groups is 3. The summed E-state index contributed by atoms with van der Waals surface area (Å²) in [5.74, 6) is -0.607. The summed E-state index contributed by atoms with van der Waals surface area (Å²) in [4.78, 5) is 44.6. The summed E-state index contributed by atoms with van der Waals surface area (Å²) >= 11 is 0. The third kappa shape index (κ3) is 7.98. The lowest BCUT2D eigenvalue weighted by molar-refractivity contribution is 0.0526. The molecule has 0 fully saturated rings. The number of ether oxygens (including phenoxy) is 1. The fourth-order valence-electron chi connectivity index (χ4n) is 2.52. The van der Waals surface area contributed by atoms with Gasteiger partial charge in [0.05, 0.1) is 6.33 Å². The minimum absolute atomic E-state index is 0.114. The van der Waals surface area contributed by atoms with Crippen molar-refractivity contribution in [2.24, 2.45) is 0 Å². The minimum Gasteiger partial charge on any atom is -0.444 e. The van der Waals surface area contributed by atoms with Crippen LogP contribution in [0.3, 0.4) is 0 Å². The third-order valence-electron chi connectivity index (χ3n) is 3.93. The summed E-state index contributed by atoms with van der Waals surface area (Å²) in [7, 11) is 0. The molecule has 9 nitrogen and oxygen atoms in total. The topological polar surface area (TPSA) is 116 Å². The molecule has 0 aliphatic carbocycles. The van der Waals surface area contributed by atoms with E-state index in [-0.39, 0.29) is 23.2 Å². The summed E-state index contributed by atoms with van der Waals surface area (Å²) in [5.41, 5.74) is -0.183. The van der Waals surface area contributed by atoms with Crippen LogP contribution in [0.5, 0.6) is 0 Å². The maximum absolute atomic E-state index is 12.4. The van der Waals surface area contributed by atoms with Crippen LogP contribution >= 0.6 is 0 Å². The molecule has 9 heteroatoms. The van der Waals surface area contributed by atoms with Gasteiger partial charge in [0.15, 0.2) is 5.69 Å². The first kappa shape index (κ1) is 23.5. The fraction of sp³-hybridized carbons (Fsp3) is 0.684.